The molecule has 24 heavy (non-hydrogen) atoms. The first-order valence-electron chi connectivity index (χ1n) is 9.09. The quantitative estimate of drug-likeness (QED) is 0.637. The van der Waals surface area contributed by atoms with E-state index in [1.165, 1.54) is 22.4 Å². The van der Waals surface area contributed by atoms with E-state index < -0.39 is 0 Å². The number of fused-ring (bicyclic) bond motifs is 3. The third kappa shape index (κ3) is 3.66. The number of benzene rings is 2. The van der Waals surface area contributed by atoms with Crippen LogP contribution in [0.2, 0.25) is 0 Å². The van der Waals surface area contributed by atoms with Gasteiger partial charge in [-0.2, -0.15) is 0 Å². The van der Waals surface area contributed by atoms with Crippen molar-refractivity contribution in [3.05, 3.63) is 42.0 Å². The first kappa shape index (κ1) is 16.7. The van der Waals surface area contributed by atoms with Crippen LogP contribution in [0.25, 0.3) is 11.1 Å². The normalized spacial score (nSPS) is 12.1. The fourth-order valence-electron chi connectivity index (χ4n) is 2.94. The van der Waals surface area contributed by atoms with Crippen molar-refractivity contribution in [2.75, 3.05) is 18.5 Å². The van der Waals surface area contributed by atoms with Gasteiger partial charge in [0.25, 0.3) is 0 Å². The van der Waals surface area contributed by atoms with Crippen molar-refractivity contribution >= 4 is 5.69 Å². The van der Waals surface area contributed by atoms with Crippen LogP contribution in [0.3, 0.4) is 0 Å². The molecule has 1 aliphatic rings. The van der Waals surface area contributed by atoms with Gasteiger partial charge in [0.15, 0.2) is 11.5 Å². The molecule has 0 atom stereocenters. The molecule has 128 valence electrons. The fourth-order valence-corrected chi connectivity index (χ4v) is 2.94. The summed E-state index contributed by atoms with van der Waals surface area (Å²) in [7, 11) is 0. The zero-order valence-electron chi connectivity index (χ0n) is 14.7. The average molecular weight is 325 g/mol. The lowest BCUT2D eigenvalue weighted by atomic mass is 9.94. The van der Waals surface area contributed by atoms with Gasteiger partial charge < -0.3 is 14.8 Å². The van der Waals surface area contributed by atoms with E-state index in [0.29, 0.717) is 0 Å². The lowest BCUT2D eigenvalue weighted by molar-refractivity contribution is 0.262. The van der Waals surface area contributed by atoms with Crippen molar-refractivity contribution in [3.63, 3.8) is 0 Å². The number of ether oxygens (including phenoxy) is 2. The van der Waals surface area contributed by atoms with E-state index in [4.69, 9.17) is 9.47 Å². The SMILES string of the molecule is CCCCOc1cc2c(cc1OCCCC)-c1ccccc1NC2. The van der Waals surface area contributed by atoms with Crippen molar-refractivity contribution < 1.29 is 9.47 Å². The summed E-state index contributed by atoms with van der Waals surface area (Å²) in [5, 5.41) is 3.49. The number of nitrogens with one attached hydrogen (secondary N) is 1. The summed E-state index contributed by atoms with van der Waals surface area (Å²) in [5.74, 6) is 1.74. The van der Waals surface area contributed by atoms with Gasteiger partial charge in [-0.05, 0) is 42.2 Å². The average Bonchev–Trinajstić information content (AvgIpc) is 2.62. The molecule has 1 heterocycles. The van der Waals surface area contributed by atoms with Crippen molar-refractivity contribution in [2.45, 2.75) is 46.1 Å². The molecule has 0 saturated carbocycles. The maximum absolute atomic E-state index is 6.04. The highest BCUT2D eigenvalue weighted by Crippen LogP contribution is 2.41. The van der Waals surface area contributed by atoms with Gasteiger partial charge in [0.1, 0.15) is 0 Å². The molecule has 0 saturated heterocycles. The van der Waals surface area contributed by atoms with Crippen LogP contribution in [0.15, 0.2) is 36.4 Å². The molecular formula is C21H27NO2. The third-order valence-electron chi connectivity index (χ3n) is 4.37. The molecule has 0 bridgehead atoms. The summed E-state index contributed by atoms with van der Waals surface area (Å²) in [4.78, 5) is 0. The highest BCUT2D eigenvalue weighted by atomic mass is 16.5. The summed E-state index contributed by atoms with van der Waals surface area (Å²) in [5.41, 5.74) is 4.94. The second kappa shape index (κ2) is 8.09. The van der Waals surface area contributed by atoms with E-state index in [1.54, 1.807) is 0 Å². The summed E-state index contributed by atoms with van der Waals surface area (Å²) < 4.78 is 12.1. The smallest absolute Gasteiger partial charge is 0.161 e. The first-order chi connectivity index (χ1) is 11.8. The molecule has 0 aliphatic carbocycles. The summed E-state index contributed by atoms with van der Waals surface area (Å²) >= 11 is 0. The maximum Gasteiger partial charge on any atom is 0.161 e. The minimum atomic E-state index is 0.735. The maximum atomic E-state index is 6.04. The fraction of sp³-hybridized carbons (Fsp3) is 0.429. The highest BCUT2D eigenvalue weighted by Gasteiger charge is 2.19. The summed E-state index contributed by atoms with van der Waals surface area (Å²) in [6, 6.07) is 12.7. The minimum Gasteiger partial charge on any atom is -0.490 e. The first-order valence-corrected chi connectivity index (χ1v) is 9.09. The van der Waals surface area contributed by atoms with Gasteiger partial charge >= 0.3 is 0 Å². The van der Waals surface area contributed by atoms with Crippen LogP contribution in [-0.4, -0.2) is 13.2 Å². The van der Waals surface area contributed by atoms with Gasteiger partial charge in [-0.3, -0.25) is 0 Å². The molecule has 1 N–H and O–H groups in total. The molecule has 2 aromatic rings. The number of hydrogen-bond donors (Lipinski definition) is 1. The number of anilines is 1. The Morgan fingerprint density at radius 3 is 2.25 bits per heavy atom. The molecule has 1 aliphatic heterocycles. The molecule has 3 rings (SSSR count). The topological polar surface area (TPSA) is 30.5 Å². The Morgan fingerprint density at radius 1 is 0.875 bits per heavy atom. The van der Waals surface area contributed by atoms with Crippen LogP contribution < -0.4 is 14.8 Å². The Balaban J connectivity index is 1.92. The van der Waals surface area contributed by atoms with Gasteiger partial charge in [0.2, 0.25) is 0 Å². The molecule has 3 nitrogen and oxygen atoms in total. The van der Waals surface area contributed by atoms with E-state index in [-0.39, 0.29) is 0 Å². The van der Waals surface area contributed by atoms with Crippen LogP contribution in [-0.2, 0) is 6.54 Å². The van der Waals surface area contributed by atoms with Crippen LogP contribution in [0.1, 0.15) is 45.1 Å². The Bertz CT molecular complexity index is 682. The Kier molecular flexibility index (Phi) is 5.63. The number of rotatable bonds is 8. The summed E-state index contributed by atoms with van der Waals surface area (Å²) in [6.45, 7) is 6.65. The van der Waals surface area contributed by atoms with Crippen molar-refractivity contribution in [1.82, 2.24) is 0 Å². The molecule has 0 aromatic heterocycles. The van der Waals surface area contributed by atoms with E-state index >= 15 is 0 Å². The number of para-hydroxylation sites is 1. The van der Waals surface area contributed by atoms with Gasteiger partial charge in [0, 0.05) is 17.8 Å². The molecule has 0 unspecified atom stereocenters. The molecule has 3 heteroatoms. The van der Waals surface area contributed by atoms with Gasteiger partial charge in [-0.1, -0.05) is 44.9 Å². The van der Waals surface area contributed by atoms with Crippen LogP contribution in [0, 0.1) is 0 Å². The predicted octanol–water partition coefficient (Wildman–Crippen LogP) is 5.64. The lowest BCUT2D eigenvalue weighted by Gasteiger charge is -2.24. The van der Waals surface area contributed by atoms with E-state index in [0.717, 1.165) is 56.9 Å². The number of hydrogen-bond acceptors (Lipinski definition) is 3. The third-order valence-corrected chi connectivity index (χ3v) is 4.37. The van der Waals surface area contributed by atoms with E-state index in [2.05, 4.69) is 55.6 Å². The second-order valence-corrected chi connectivity index (χ2v) is 6.26. The van der Waals surface area contributed by atoms with Gasteiger partial charge in [-0.15, -0.1) is 0 Å². The largest absolute Gasteiger partial charge is 0.490 e. The molecule has 0 radical (unpaired) electrons. The summed E-state index contributed by atoms with van der Waals surface area (Å²) in [6.07, 6.45) is 4.38. The minimum absolute atomic E-state index is 0.735. The number of unbranched alkanes of at least 4 members (excludes halogenated alkanes) is 2. The van der Waals surface area contributed by atoms with Crippen molar-refractivity contribution in [2.24, 2.45) is 0 Å². The second-order valence-electron chi connectivity index (χ2n) is 6.26. The van der Waals surface area contributed by atoms with Crippen LogP contribution in [0.4, 0.5) is 5.69 Å². The van der Waals surface area contributed by atoms with Crippen LogP contribution >= 0.6 is 0 Å². The molecule has 0 amide bonds. The Labute approximate surface area is 145 Å². The van der Waals surface area contributed by atoms with Crippen LogP contribution in [0.5, 0.6) is 11.5 Å². The monoisotopic (exact) mass is 325 g/mol. The molecule has 0 fully saturated rings. The zero-order chi connectivity index (χ0) is 16.8. The lowest BCUT2D eigenvalue weighted by Crippen LogP contribution is -2.10. The van der Waals surface area contributed by atoms with Crippen molar-refractivity contribution in [3.8, 4) is 22.6 Å². The molecule has 0 spiro atoms. The highest BCUT2D eigenvalue weighted by molar-refractivity contribution is 5.84. The molecular weight excluding hydrogens is 298 g/mol. The van der Waals surface area contributed by atoms with Gasteiger partial charge in [0.05, 0.1) is 13.2 Å². The standard InChI is InChI=1S/C21H27NO2/c1-3-5-11-23-20-13-16-15-22-19-10-8-7-9-17(19)18(16)14-21(20)24-12-6-4-2/h7-10,13-14,22H,3-6,11-12,15H2,1-2H3. The Hall–Kier alpha value is -2.16. The van der Waals surface area contributed by atoms with E-state index in [9.17, 15) is 0 Å². The Morgan fingerprint density at radius 2 is 1.54 bits per heavy atom. The van der Waals surface area contributed by atoms with Gasteiger partial charge in [-0.25, -0.2) is 0 Å². The predicted molar refractivity (Wildman–Crippen MR) is 100 cm³/mol. The van der Waals surface area contributed by atoms with Crippen molar-refractivity contribution in [1.29, 1.82) is 0 Å². The molecule has 2 aromatic carbocycles. The van der Waals surface area contributed by atoms with E-state index in [1.807, 2.05) is 0 Å². The zero-order valence-corrected chi connectivity index (χ0v) is 14.7.